The number of hydrogen-bond acceptors (Lipinski definition) is 3. The van der Waals surface area contributed by atoms with Gasteiger partial charge in [0.2, 0.25) is 0 Å². The molecule has 0 radical (unpaired) electrons. The number of hydrogen-bond donors (Lipinski definition) is 1. The summed E-state index contributed by atoms with van der Waals surface area (Å²) < 4.78 is 0. The van der Waals surface area contributed by atoms with E-state index in [0.29, 0.717) is 17.0 Å². The van der Waals surface area contributed by atoms with Gasteiger partial charge in [-0.05, 0) is 49.0 Å². The predicted octanol–water partition coefficient (Wildman–Crippen LogP) is 3.78. The summed E-state index contributed by atoms with van der Waals surface area (Å²) in [5.74, 6) is 0.905. The molecule has 2 nitrogen and oxygen atoms in total. The Morgan fingerprint density at radius 2 is 2.14 bits per heavy atom. The van der Waals surface area contributed by atoms with Crippen LogP contribution >= 0.6 is 11.3 Å². The summed E-state index contributed by atoms with van der Waals surface area (Å²) in [5.41, 5.74) is 0.685. The van der Waals surface area contributed by atoms with E-state index in [2.05, 4.69) is 55.4 Å². The molecule has 2 atom stereocenters. The molecule has 1 aliphatic carbocycles. The van der Waals surface area contributed by atoms with Crippen molar-refractivity contribution in [1.82, 2.24) is 10.2 Å². The molecule has 0 aromatic carbocycles. The van der Waals surface area contributed by atoms with E-state index in [-0.39, 0.29) is 0 Å². The zero-order valence-electron chi connectivity index (χ0n) is 14.0. The van der Waals surface area contributed by atoms with Gasteiger partial charge >= 0.3 is 0 Å². The fraction of sp³-hybridized carbons (Fsp3) is 0.778. The molecule has 0 bridgehead atoms. The Kier molecular flexibility index (Phi) is 4.19. The van der Waals surface area contributed by atoms with E-state index in [1.807, 2.05) is 11.3 Å². The van der Waals surface area contributed by atoms with Crippen molar-refractivity contribution >= 4 is 11.3 Å². The monoisotopic (exact) mass is 306 g/mol. The third kappa shape index (κ3) is 3.52. The maximum atomic E-state index is 3.90. The SMILES string of the molecule is CC(C)(C)C1CNC(C)(C2CC2)CN1CCc1cccs1. The van der Waals surface area contributed by atoms with E-state index in [9.17, 15) is 0 Å². The van der Waals surface area contributed by atoms with E-state index in [1.54, 1.807) is 0 Å². The Bertz CT molecular complexity index is 458. The molecule has 1 N–H and O–H groups in total. The molecule has 118 valence electrons. The summed E-state index contributed by atoms with van der Waals surface area (Å²) in [6.45, 7) is 13.2. The fourth-order valence-corrected chi connectivity index (χ4v) is 4.54. The highest BCUT2D eigenvalue weighted by molar-refractivity contribution is 7.09. The average Bonchev–Trinajstić information content (AvgIpc) is 3.14. The molecule has 1 saturated heterocycles. The first-order valence-electron chi connectivity index (χ1n) is 8.40. The Hall–Kier alpha value is -0.380. The molecule has 0 spiro atoms. The first-order chi connectivity index (χ1) is 9.88. The van der Waals surface area contributed by atoms with Gasteiger partial charge in [-0.15, -0.1) is 11.3 Å². The van der Waals surface area contributed by atoms with Crippen molar-refractivity contribution in [2.24, 2.45) is 11.3 Å². The van der Waals surface area contributed by atoms with E-state index in [0.717, 1.165) is 12.5 Å². The first-order valence-corrected chi connectivity index (χ1v) is 9.28. The van der Waals surface area contributed by atoms with Gasteiger partial charge in [-0.25, -0.2) is 0 Å². The van der Waals surface area contributed by atoms with Gasteiger partial charge < -0.3 is 5.32 Å². The van der Waals surface area contributed by atoms with Crippen LogP contribution in [0.25, 0.3) is 0 Å². The molecule has 1 aliphatic heterocycles. The lowest BCUT2D eigenvalue weighted by molar-refractivity contribution is 0.0213. The molecule has 2 heterocycles. The lowest BCUT2D eigenvalue weighted by Crippen LogP contribution is -2.66. The van der Waals surface area contributed by atoms with Gasteiger partial charge in [0.15, 0.2) is 0 Å². The van der Waals surface area contributed by atoms with Crippen molar-refractivity contribution in [2.45, 2.75) is 58.5 Å². The maximum Gasteiger partial charge on any atom is 0.0309 e. The molecular weight excluding hydrogens is 276 g/mol. The summed E-state index contributed by atoms with van der Waals surface area (Å²) in [7, 11) is 0. The quantitative estimate of drug-likeness (QED) is 0.911. The highest BCUT2D eigenvalue weighted by Gasteiger charge is 2.47. The van der Waals surface area contributed by atoms with Gasteiger partial charge in [0, 0.05) is 36.1 Å². The van der Waals surface area contributed by atoms with Crippen LogP contribution in [-0.4, -0.2) is 36.1 Å². The first kappa shape index (κ1) is 15.5. The van der Waals surface area contributed by atoms with Gasteiger partial charge in [0.1, 0.15) is 0 Å². The topological polar surface area (TPSA) is 15.3 Å². The van der Waals surface area contributed by atoms with Crippen LogP contribution in [-0.2, 0) is 6.42 Å². The van der Waals surface area contributed by atoms with Gasteiger partial charge in [-0.2, -0.15) is 0 Å². The Morgan fingerprint density at radius 1 is 1.38 bits per heavy atom. The van der Waals surface area contributed by atoms with Gasteiger partial charge in [-0.3, -0.25) is 4.90 Å². The van der Waals surface area contributed by atoms with Crippen molar-refractivity contribution in [3.8, 4) is 0 Å². The van der Waals surface area contributed by atoms with Crippen molar-refractivity contribution in [3.63, 3.8) is 0 Å². The smallest absolute Gasteiger partial charge is 0.0309 e. The van der Waals surface area contributed by atoms with Crippen LogP contribution in [0.4, 0.5) is 0 Å². The number of nitrogens with one attached hydrogen (secondary N) is 1. The third-order valence-electron chi connectivity index (χ3n) is 5.38. The van der Waals surface area contributed by atoms with E-state index in [1.165, 1.54) is 37.2 Å². The molecule has 1 aromatic rings. The standard InChI is InChI=1S/C18H30N2S/c1-17(2,3)16-12-19-18(4,14-7-8-14)13-20(16)10-9-15-6-5-11-21-15/h5-6,11,14,16,19H,7-10,12-13H2,1-4H3. The lowest BCUT2D eigenvalue weighted by Gasteiger charge is -2.51. The Balaban J connectivity index is 1.69. The van der Waals surface area contributed by atoms with Crippen LogP contribution < -0.4 is 5.32 Å². The van der Waals surface area contributed by atoms with E-state index >= 15 is 0 Å². The van der Waals surface area contributed by atoms with Crippen LogP contribution in [0.15, 0.2) is 17.5 Å². The Morgan fingerprint density at radius 3 is 2.71 bits per heavy atom. The predicted molar refractivity (Wildman–Crippen MR) is 92.0 cm³/mol. The normalized spacial score (nSPS) is 31.5. The van der Waals surface area contributed by atoms with Crippen LogP contribution in [0, 0.1) is 11.3 Å². The molecule has 3 rings (SSSR count). The molecule has 2 fully saturated rings. The zero-order chi connectivity index (χ0) is 15.1. The summed E-state index contributed by atoms with van der Waals surface area (Å²) >= 11 is 1.90. The summed E-state index contributed by atoms with van der Waals surface area (Å²) in [5, 5.41) is 6.10. The summed E-state index contributed by atoms with van der Waals surface area (Å²) in [6, 6.07) is 5.09. The minimum absolute atomic E-state index is 0.341. The molecule has 2 aliphatic rings. The average molecular weight is 307 g/mol. The summed E-state index contributed by atoms with van der Waals surface area (Å²) in [6.07, 6.45) is 4.04. The molecule has 0 amide bonds. The zero-order valence-corrected chi connectivity index (χ0v) is 14.8. The third-order valence-corrected chi connectivity index (χ3v) is 6.31. The lowest BCUT2D eigenvalue weighted by atomic mass is 9.80. The number of rotatable bonds is 4. The molecular formula is C18H30N2S. The fourth-order valence-electron chi connectivity index (χ4n) is 3.84. The molecule has 21 heavy (non-hydrogen) atoms. The van der Waals surface area contributed by atoms with Crippen molar-refractivity contribution in [2.75, 3.05) is 19.6 Å². The second-order valence-electron chi connectivity index (χ2n) is 8.25. The number of piperazine rings is 1. The summed E-state index contributed by atoms with van der Waals surface area (Å²) in [4.78, 5) is 4.29. The van der Waals surface area contributed by atoms with Crippen LogP contribution in [0.2, 0.25) is 0 Å². The highest BCUT2D eigenvalue weighted by atomic mass is 32.1. The minimum atomic E-state index is 0.341. The maximum absolute atomic E-state index is 3.90. The largest absolute Gasteiger partial charge is 0.308 e. The van der Waals surface area contributed by atoms with Gasteiger partial charge in [-0.1, -0.05) is 26.8 Å². The van der Waals surface area contributed by atoms with E-state index < -0.39 is 0 Å². The molecule has 1 aromatic heterocycles. The highest BCUT2D eigenvalue weighted by Crippen LogP contribution is 2.42. The van der Waals surface area contributed by atoms with Crippen LogP contribution in [0.5, 0.6) is 0 Å². The number of nitrogens with zero attached hydrogens (tertiary/aromatic N) is 1. The molecule has 2 unspecified atom stereocenters. The van der Waals surface area contributed by atoms with Crippen molar-refractivity contribution in [3.05, 3.63) is 22.4 Å². The molecule has 1 saturated carbocycles. The second-order valence-corrected chi connectivity index (χ2v) is 9.29. The van der Waals surface area contributed by atoms with Crippen LogP contribution in [0.1, 0.15) is 45.4 Å². The van der Waals surface area contributed by atoms with Gasteiger partial charge in [0.25, 0.3) is 0 Å². The Labute approximate surface area is 133 Å². The van der Waals surface area contributed by atoms with Crippen LogP contribution in [0.3, 0.4) is 0 Å². The minimum Gasteiger partial charge on any atom is -0.308 e. The second kappa shape index (κ2) is 5.68. The van der Waals surface area contributed by atoms with Crippen molar-refractivity contribution < 1.29 is 0 Å². The van der Waals surface area contributed by atoms with Crippen molar-refractivity contribution in [1.29, 1.82) is 0 Å². The van der Waals surface area contributed by atoms with E-state index in [4.69, 9.17) is 0 Å². The number of thiophene rings is 1. The molecule has 3 heteroatoms. The van der Waals surface area contributed by atoms with Gasteiger partial charge in [0.05, 0.1) is 0 Å².